The number of aromatic hydroxyl groups is 1. The first-order chi connectivity index (χ1) is 13.5. The Bertz CT molecular complexity index is 970. The number of carbonyl (C=O) groups excluding carboxylic acids is 2. The molecule has 0 spiro atoms. The van der Waals surface area contributed by atoms with Gasteiger partial charge in [-0.3, -0.25) is 15.0 Å². The topological polar surface area (TPSA) is 78.9 Å². The van der Waals surface area contributed by atoms with Gasteiger partial charge in [-0.25, -0.2) is 0 Å². The molecular weight excluding hydrogens is 396 g/mol. The van der Waals surface area contributed by atoms with Crippen LogP contribution in [0.3, 0.4) is 0 Å². The maximum atomic E-state index is 12.6. The first-order valence-corrected chi connectivity index (χ1v) is 9.43. The van der Waals surface area contributed by atoms with Gasteiger partial charge < -0.3 is 9.84 Å². The van der Waals surface area contributed by atoms with Crippen molar-refractivity contribution in [2.75, 3.05) is 6.61 Å². The van der Waals surface area contributed by atoms with Crippen LogP contribution >= 0.6 is 24.0 Å². The normalized spacial score (nSPS) is 15.0. The van der Waals surface area contributed by atoms with Gasteiger partial charge in [0.2, 0.25) is 0 Å². The summed E-state index contributed by atoms with van der Waals surface area (Å²) < 4.78 is 5.62. The largest absolute Gasteiger partial charge is 0.507 e. The third-order valence-corrected chi connectivity index (χ3v) is 5.00. The van der Waals surface area contributed by atoms with E-state index in [0.717, 1.165) is 22.3 Å². The quantitative estimate of drug-likeness (QED) is 0.430. The Morgan fingerprint density at radius 3 is 2.64 bits per heavy atom. The Balaban J connectivity index is 1.72. The van der Waals surface area contributed by atoms with E-state index in [4.69, 9.17) is 17.0 Å². The molecule has 1 saturated heterocycles. The van der Waals surface area contributed by atoms with E-state index in [-0.39, 0.29) is 15.6 Å². The number of phenols is 1. The lowest BCUT2D eigenvalue weighted by atomic mass is 10.2. The summed E-state index contributed by atoms with van der Waals surface area (Å²) in [7, 11) is 0. The molecule has 0 bridgehead atoms. The minimum atomic E-state index is -0.626. The Labute approximate surface area is 171 Å². The average Bonchev–Trinajstić information content (AvgIpc) is 2.95. The Morgan fingerprint density at radius 1 is 1.25 bits per heavy atom. The molecule has 0 aromatic heterocycles. The minimum Gasteiger partial charge on any atom is -0.507 e. The highest BCUT2D eigenvalue weighted by atomic mass is 32.2. The number of nitrogens with zero attached hydrogens (tertiary/aromatic N) is 1. The number of ether oxygens (including phenoxy) is 1. The molecule has 2 aromatic rings. The standard InChI is InChI=1S/C20H16N2O4S2/c1-2-11-26-14-9-7-13(8-10-14)12-17-19(25)22(20(27)28-17)21-18(24)15-5-3-4-6-16(15)23/h2-10,12,23H,1,11H2,(H,21,24). The number of phenolic OH excluding ortho intramolecular Hbond substituents is 1. The third kappa shape index (κ3) is 4.41. The number of thioether (sulfide) groups is 1. The summed E-state index contributed by atoms with van der Waals surface area (Å²) in [6.07, 6.45) is 3.34. The van der Waals surface area contributed by atoms with E-state index < -0.39 is 11.8 Å². The lowest BCUT2D eigenvalue weighted by molar-refractivity contribution is -0.123. The van der Waals surface area contributed by atoms with Gasteiger partial charge in [-0.1, -0.05) is 48.7 Å². The zero-order valence-corrected chi connectivity index (χ0v) is 16.3. The van der Waals surface area contributed by atoms with Crippen molar-refractivity contribution in [3.05, 3.63) is 77.2 Å². The van der Waals surface area contributed by atoms with E-state index in [1.807, 2.05) is 12.1 Å². The summed E-state index contributed by atoms with van der Waals surface area (Å²) in [5, 5.41) is 10.8. The molecule has 0 aliphatic carbocycles. The molecule has 8 heteroatoms. The summed E-state index contributed by atoms with van der Waals surface area (Å²) in [6.45, 7) is 4.00. The molecule has 2 amide bonds. The predicted octanol–water partition coefficient (Wildman–Crippen LogP) is 3.50. The summed E-state index contributed by atoms with van der Waals surface area (Å²) in [4.78, 5) is 25.3. The molecule has 142 valence electrons. The Kier molecular flexibility index (Phi) is 6.13. The molecule has 0 unspecified atom stereocenters. The van der Waals surface area contributed by atoms with Gasteiger partial charge in [0, 0.05) is 0 Å². The third-order valence-electron chi connectivity index (χ3n) is 3.70. The fraction of sp³-hybridized carbons (Fsp3) is 0.0500. The molecule has 2 aromatic carbocycles. The molecule has 6 nitrogen and oxygen atoms in total. The molecule has 0 radical (unpaired) electrons. The number of amides is 2. The average molecular weight is 412 g/mol. The van der Waals surface area contributed by atoms with E-state index in [9.17, 15) is 14.7 Å². The lowest BCUT2D eigenvalue weighted by Crippen LogP contribution is -2.44. The van der Waals surface area contributed by atoms with Gasteiger partial charge in [-0.2, -0.15) is 5.01 Å². The minimum absolute atomic E-state index is 0.0515. The van der Waals surface area contributed by atoms with Crippen molar-refractivity contribution >= 4 is 46.2 Å². The van der Waals surface area contributed by atoms with Crippen molar-refractivity contribution in [1.29, 1.82) is 0 Å². The zero-order valence-electron chi connectivity index (χ0n) is 14.6. The number of para-hydroxylation sites is 1. The SMILES string of the molecule is C=CCOc1ccc(C=C2SC(=S)N(NC(=O)c3ccccc3O)C2=O)cc1. The van der Waals surface area contributed by atoms with Crippen molar-refractivity contribution in [1.82, 2.24) is 10.4 Å². The highest BCUT2D eigenvalue weighted by Crippen LogP contribution is 2.32. The number of hydrazine groups is 1. The van der Waals surface area contributed by atoms with Crippen molar-refractivity contribution in [3.63, 3.8) is 0 Å². The number of rotatable bonds is 6. The molecule has 1 aliphatic heterocycles. The molecule has 0 atom stereocenters. The van der Waals surface area contributed by atoms with Gasteiger partial charge >= 0.3 is 0 Å². The van der Waals surface area contributed by atoms with Crippen molar-refractivity contribution in [3.8, 4) is 11.5 Å². The van der Waals surface area contributed by atoms with Gasteiger partial charge in [0.25, 0.3) is 11.8 Å². The molecule has 3 rings (SSSR count). The smallest absolute Gasteiger partial charge is 0.285 e. The first-order valence-electron chi connectivity index (χ1n) is 8.20. The monoisotopic (exact) mass is 412 g/mol. The Morgan fingerprint density at radius 2 is 1.96 bits per heavy atom. The molecule has 28 heavy (non-hydrogen) atoms. The van der Waals surface area contributed by atoms with Crippen LogP contribution in [0.5, 0.6) is 11.5 Å². The summed E-state index contributed by atoms with van der Waals surface area (Å²) in [5.74, 6) is -0.551. The van der Waals surface area contributed by atoms with Crippen LogP contribution in [0, 0.1) is 0 Å². The molecular formula is C20H16N2O4S2. The molecule has 2 N–H and O–H groups in total. The van der Waals surface area contributed by atoms with Gasteiger partial charge in [0.15, 0.2) is 4.32 Å². The van der Waals surface area contributed by atoms with E-state index >= 15 is 0 Å². The van der Waals surface area contributed by atoms with E-state index in [1.54, 1.807) is 36.4 Å². The van der Waals surface area contributed by atoms with Crippen LogP contribution in [-0.2, 0) is 4.79 Å². The van der Waals surface area contributed by atoms with Crippen LogP contribution in [0.2, 0.25) is 0 Å². The fourth-order valence-electron chi connectivity index (χ4n) is 2.36. The Hall–Kier alpha value is -3.10. The first kappa shape index (κ1) is 19.7. The van der Waals surface area contributed by atoms with Crippen molar-refractivity contribution in [2.45, 2.75) is 0 Å². The second-order valence-electron chi connectivity index (χ2n) is 5.64. The number of thiocarbonyl (C=S) groups is 1. The predicted molar refractivity (Wildman–Crippen MR) is 113 cm³/mol. The summed E-state index contributed by atoms with van der Waals surface area (Å²) in [5.41, 5.74) is 3.28. The van der Waals surface area contributed by atoms with Gasteiger partial charge in [-0.05, 0) is 48.1 Å². The van der Waals surface area contributed by atoms with Gasteiger partial charge in [-0.15, -0.1) is 0 Å². The van der Waals surface area contributed by atoms with Crippen molar-refractivity contribution < 1.29 is 19.4 Å². The molecule has 0 saturated carbocycles. The van der Waals surface area contributed by atoms with E-state index in [0.29, 0.717) is 17.3 Å². The van der Waals surface area contributed by atoms with Gasteiger partial charge in [0.05, 0.1) is 10.5 Å². The highest BCUT2D eigenvalue weighted by molar-refractivity contribution is 8.26. The van der Waals surface area contributed by atoms with Crippen LogP contribution in [0.1, 0.15) is 15.9 Å². The van der Waals surface area contributed by atoms with Crippen LogP contribution in [0.15, 0.2) is 66.1 Å². The maximum Gasteiger partial charge on any atom is 0.285 e. The summed E-state index contributed by atoms with van der Waals surface area (Å²) in [6, 6.07) is 13.3. The van der Waals surface area contributed by atoms with E-state index in [2.05, 4.69) is 12.0 Å². The summed E-state index contributed by atoms with van der Waals surface area (Å²) >= 11 is 6.28. The number of nitrogens with one attached hydrogen (secondary N) is 1. The van der Waals surface area contributed by atoms with Gasteiger partial charge in [0.1, 0.15) is 18.1 Å². The van der Waals surface area contributed by atoms with Crippen molar-refractivity contribution in [2.24, 2.45) is 0 Å². The zero-order chi connectivity index (χ0) is 20.1. The maximum absolute atomic E-state index is 12.6. The highest BCUT2D eigenvalue weighted by Gasteiger charge is 2.34. The van der Waals surface area contributed by atoms with Crippen LogP contribution in [-0.4, -0.2) is 32.9 Å². The lowest BCUT2D eigenvalue weighted by Gasteiger charge is -2.16. The van der Waals surface area contributed by atoms with Crippen LogP contribution < -0.4 is 10.2 Å². The number of hydrogen-bond donors (Lipinski definition) is 2. The molecule has 1 heterocycles. The molecule has 1 fully saturated rings. The second kappa shape index (κ2) is 8.73. The van der Waals surface area contributed by atoms with Crippen LogP contribution in [0.25, 0.3) is 6.08 Å². The number of benzene rings is 2. The second-order valence-corrected chi connectivity index (χ2v) is 7.32. The number of carbonyl (C=O) groups is 2. The van der Waals surface area contributed by atoms with E-state index in [1.165, 1.54) is 12.1 Å². The molecule has 1 aliphatic rings. The van der Waals surface area contributed by atoms with Crippen LogP contribution in [0.4, 0.5) is 0 Å². The number of hydrogen-bond acceptors (Lipinski definition) is 6. The fourth-order valence-corrected chi connectivity index (χ4v) is 3.54.